The van der Waals surface area contributed by atoms with Crippen LogP contribution in [0.15, 0.2) is 0 Å². The maximum atomic E-state index is 2.75. The van der Waals surface area contributed by atoms with E-state index in [1.54, 1.807) is 51.4 Å². The largest absolute Gasteiger partial charge is 0.155 e. The van der Waals surface area contributed by atoms with Crippen molar-refractivity contribution < 1.29 is 0 Å². The predicted molar refractivity (Wildman–Crippen MR) is 138 cm³/mol. The van der Waals surface area contributed by atoms with Gasteiger partial charge in [-0.15, -0.1) is 0 Å². The molecule has 0 aromatic heterocycles. The van der Waals surface area contributed by atoms with E-state index in [0.29, 0.717) is 16.2 Å². The Balaban J connectivity index is 1.26. The van der Waals surface area contributed by atoms with E-state index in [1.165, 1.54) is 70.6 Å². The highest BCUT2D eigenvalue weighted by Gasteiger charge is 2.53. The van der Waals surface area contributed by atoms with Crippen molar-refractivity contribution in [1.29, 1.82) is 0 Å². The van der Waals surface area contributed by atoms with Gasteiger partial charge < -0.3 is 0 Å². The molecule has 1 heteroatoms. The lowest BCUT2D eigenvalue weighted by atomic mass is 9.57. The Labute approximate surface area is 198 Å². The first kappa shape index (κ1) is 23.1. The molecule has 0 aromatic rings. The minimum Gasteiger partial charge on any atom is -0.155 e. The summed E-state index contributed by atoms with van der Waals surface area (Å²) in [5.41, 5.74) is 1.88. The number of thioether (sulfide) groups is 1. The molecule has 0 nitrogen and oxygen atoms in total. The van der Waals surface area contributed by atoms with Crippen LogP contribution in [0.1, 0.15) is 143 Å². The lowest BCUT2D eigenvalue weighted by Crippen LogP contribution is -2.40. The van der Waals surface area contributed by atoms with E-state index in [1.807, 2.05) is 0 Å². The predicted octanol–water partition coefficient (Wildman–Crippen LogP) is 9.80. The third kappa shape index (κ3) is 4.66. The molecule has 0 aromatic carbocycles. The number of rotatable bonds is 3. The summed E-state index contributed by atoms with van der Waals surface area (Å²) in [6.45, 7) is 8.15. The molecule has 0 spiro atoms. The van der Waals surface area contributed by atoms with Crippen molar-refractivity contribution in [1.82, 2.24) is 0 Å². The number of hydrogen-bond acceptors (Lipinski definition) is 1. The van der Waals surface area contributed by atoms with Crippen LogP contribution in [0.5, 0.6) is 0 Å². The van der Waals surface area contributed by atoms with Crippen LogP contribution >= 0.6 is 11.8 Å². The Morgan fingerprint density at radius 1 is 0.581 bits per heavy atom. The zero-order chi connectivity index (χ0) is 21.5. The zero-order valence-electron chi connectivity index (χ0n) is 21.2. The summed E-state index contributed by atoms with van der Waals surface area (Å²) >= 11 is 2.52. The van der Waals surface area contributed by atoms with Crippen molar-refractivity contribution in [2.24, 2.45) is 34.0 Å². The van der Waals surface area contributed by atoms with Crippen LogP contribution in [-0.2, 0) is 0 Å². The zero-order valence-corrected chi connectivity index (χ0v) is 22.0. The Bertz CT molecular complexity index is 600. The molecule has 4 aliphatic carbocycles. The summed E-state index contributed by atoms with van der Waals surface area (Å²) in [6.07, 6.45) is 29.0. The van der Waals surface area contributed by atoms with Gasteiger partial charge in [-0.25, -0.2) is 0 Å². The summed E-state index contributed by atoms with van der Waals surface area (Å²) in [4.78, 5) is 0. The molecule has 4 saturated carbocycles. The maximum Gasteiger partial charge on any atom is 0.00866 e. The van der Waals surface area contributed by atoms with Crippen molar-refractivity contribution in [2.45, 2.75) is 153 Å². The summed E-state index contributed by atoms with van der Waals surface area (Å²) in [7, 11) is 0. The molecule has 1 saturated heterocycles. The van der Waals surface area contributed by atoms with Gasteiger partial charge in [0.05, 0.1) is 0 Å². The second-order valence-electron chi connectivity index (χ2n) is 13.9. The third-order valence-electron chi connectivity index (χ3n) is 11.8. The average Bonchev–Trinajstić information content (AvgIpc) is 2.80. The Morgan fingerprint density at radius 3 is 1.94 bits per heavy atom. The van der Waals surface area contributed by atoms with Gasteiger partial charge in [0, 0.05) is 10.5 Å². The molecule has 6 atom stereocenters. The Hall–Kier alpha value is 0.350. The summed E-state index contributed by atoms with van der Waals surface area (Å²) < 4.78 is 0. The second kappa shape index (κ2) is 9.19. The van der Waals surface area contributed by atoms with E-state index in [2.05, 4.69) is 32.5 Å². The summed E-state index contributed by atoms with van der Waals surface area (Å²) in [5, 5.41) is 1.99. The summed E-state index contributed by atoms with van der Waals surface area (Å²) in [6, 6.07) is 0. The van der Waals surface area contributed by atoms with Crippen LogP contribution < -0.4 is 0 Å². The average molecular weight is 445 g/mol. The first-order valence-corrected chi connectivity index (χ1v) is 15.5. The van der Waals surface area contributed by atoms with Crippen LogP contribution in [0, 0.1) is 34.0 Å². The van der Waals surface area contributed by atoms with Gasteiger partial charge in [0.15, 0.2) is 0 Å². The lowest BCUT2D eigenvalue weighted by molar-refractivity contribution is 0.0243. The maximum absolute atomic E-state index is 2.75. The fraction of sp³-hybridized carbons (Fsp3) is 1.00. The lowest BCUT2D eigenvalue weighted by Gasteiger charge is -2.49. The van der Waals surface area contributed by atoms with Crippen molar-refractivity contribution >= 4 is 11.8 Å². The minimum atomic E-state index is 0.596. The van der Waals surface area contributed by atoms with Gasteiger partial charge in [-0.3, -0.25) is 0 Å². The highest BCUT2D eigenvalue weighted by molar-refractivity contribution is 8.00. The van der Waals surface area contributed by atoms with Crippen LogP contribution in [0.3, 0.4) is 0 Å². The van der Waals surface area contributed by atoms with E-state index in [0.717, 1.165) is 28.3 Å². The minimum absolute atomic E-state index is 0.596. The molecule has 178 valence electrons. The van der Waals surface area contributed by atoms with E-state index >= 15 is 0 Å². The quantitative estimate of drug-likeness (QED) is 0.417. The molecule has 5 aliphatic rings. The molecule has 1 heterocycles. The molecule has 0 radical (unpaired) electrons. The van der Waals surface area contributed by atoms with E-state index < -0.39 is 0 Å². The van der Waals surface area contributed by atoms with Crippen molar-refractivity contribution in [2.75, 3.05) is 0 Å². The second-order valence-corrected chi connectivity index (χ2v) is 15.4. The molecule has 0 N–H and O–H groups in total. The van der Waals surface area contributed by atoms with Gasteiger partial charge in [0.1, 0.15) is 0 Å². The van der Waals surface area contributed by atoms with Crippen LogP contribution in [-0.4, -0.2) is 10.5 Å². The SMILES string of the molecule is CC1(CC2CCC2)CCC2SC3CC(C)(C4(C)CCCCCCC4)CCCC3C2CC1. The molecule has 5 rings (SSSR count). The highest BCUT2D eigenvalue weighted by atomic mass is 32.2. The van der Waals surface area contributed by atoms with Crippen molar-refractivity contribution in [3.63, 3.8) is 0 Å². The first-order valence-electron chi connectivity index (χ1n) is 14.6. The molecular weight excluding hydrogens is 392 g/mol. The molecular formula is C30H52S. The fourth-order valence-corrected chi connectivity index (χ4v) is 11.3. The van der Waals surface area contributed by atoms with E-state index in [4.69, 9.17) is 0 Å². The van der Waals surface area contributed by atoms with Gasteiger partial charge >= 0.3 is 0 Å². The topological polar surface area (TPSA) is 0 Å². The van der Waals surface area contributed by atoms with Crippen LogP contribution in [0.2, 0.25) is 0 Å². The number of hydrogen-bond donors (Lipinski definition) is 0. The molecule has 6 unspecified atom stereocenters. The molecule has 31 heavy (non-hydrogen) atoms. The van der Waals surface area contributed by atoms with Gasteiger partial charge in [-0.1, -0.05) is 78.6 Å². The molecule has 0 bridgehead atoms. The standard InChI is InChI=1S/C30H52S/c1-28(21-23-11-9-12-23)19-14-25-24-13-10-18-30(3,22-27(24)31-26(25)15-20-28)29(2)16-7-5-4-6-8-17-29/h23-27H,4-22H2,1-3H3. The monoisotopic (exact) mass is 444 g/mol. The third-order valence-corrected chi connectivity index (χ3v) is 13.6. The van der Waals surface area contributed by atoms with Gasteiger partial charge in [0.2, 0.25) is 0 Å². The highest BCUT2D eigenvalue weighted by Crippen LogP contribution is 2.62. The van der Waals surface area contributed by atoms with E-state index in [-0.39, 0.29) is 0 Å². The number of fused-ring (bicyclic) bond motifs is 3. The fourth-order valence-electron chi connectivity index (χ4n) is 9.10. The van der Waals surface area contributed by atoms with Crippen LogP contribution in [0.4, 0.5) is 0 Å². The van der Waals surface area contributed by atoms with Crippen molar-refractivity contribution in [3.05, 3.63) is 0 Å². The molecule has 0 amide bonds. The first-order chi connectivity index (χ1) is 14.9. The van der Waals surface area contributed by atoms with Gasteiger partial charge in [-0.2, -0.15) is 11.8 Å². The molecule has 5 fully saturated rings. The van der Waals surface area contributed by atoms with E-state index in [9.17, 15) is 0 Å². The molecule has 1 aliphatic heterocycles. The van der Waals surface area contributed by atoms with Gasteiger partial charge in [-0.05, 0) is 98.2 Å². The Morgan fingerprint density at radius 2 is 1.23 bits per heavy atom. The normalized spacial score (nSPS) is 46.5. The Kier molecular flexibility index (Phi) is 6.85. The van der Waals surface area contributed by atoms with Crippen molar-refractivity contribution in [3.8, 4) is 0 Å². The summed E-state index contributed by atoms with van der Waals surface area (Å²) in [5.74, 6) is 3.21. The smallest absolute Gasteiger partial charge is 0.00866 e. The van der Waals surface area contributed by atoms with Crippen LogP contribution in [0.25, 0.3) is 0 Å². The van der Waals surface area contributed by atoms with Gasteiger partial charge in [0.25, 0.3) is 0 Å².